The van der Waals surface area contributed by atoms with Gasteiger partial charge in [-0.05, 0) is 32.0 Å². The van der Waals surface area contributed by atoms with E-state index in [9.17, 15) is 5.11 Å². The minimum Gasteiger partial charge on any atom is -0.496 e. The van der Waals surface area contributed by atoms with Gasteiger partial charge >= 0.3 is 0 Å². The van der Waals surface area contributed by atoms with Crippen LogP contribution in [0.25, 0.3) is 0 Å². The number of methoxy groups -OCH3 is 1. The van der Waals surface area contributed by atoms with Gasteiger partial charge in [0.05, 0.1) is 13.2 Å². The van der Waals surface area contributed by atoms with Gasteiger partial charge in [0.25, 0.3) is 0 Å². The summed E-state index contributed by atoms with van der Waals surface area (Å²) in [5, 5.41) is 10.2. The van der Waals surface area contributed by atoms with Crippen LogP contribution in [-0.2, 0) is 0 Å². The van der Waals surface area contributed by atoms with Gasteiger partial charge in [0.15, 0.2) is 0 Å². The maximum atomic E-state index is 10.2. The smallest absolute Gasteiger partial charge is 0.124 e. The Morgan fingerprint density at radius 3 is 2.56 bits per heavy atom. The highest BCUT2D eigenvalue weighted by molar-refractivity contribution is 5.35. The number of hydrogen-bond acceptors (Lipinski definition) is 3. The van der Waals surface area contributed by atoms with Crippen molar-refractivity contribution in [3.8, 4) is 5.75 Å². The molecule has 3 heteroatoms. The number of likely N-dealkylation sites (N-methyl/N-ethyl adjacent to an activating group) is 1. The first-order valence-corrected chi connectivity index (χ1v) is 6.54. The SMILES string of the molecule is COc1ccccc1C(O)CN(C)CCC(C)C. The van der Waals surface area contributed by atoms with E-state index < -0.39 is 6.10 Å². The standard InChI is InChI=1S/C15H25NO2/c1-12(2)9-10-16(3)11-14(17)13-7-5-6-8-15(13)18-4/h5-8,12,14,17H,9-11H2,1-4H3. The Kier molecular flexibility index (Phi) is 6.16. The maximum absolute atomic E-state index is 10.2. The summed E-state index contributed by atoms with van der Waals surface area (Å²) in [7, 11) is 3.68. The Balaban J connectivity index is 2.56. The van der Waals surface area contributed by atoms with Gasteiger partial charge < -0.3 is 14.7 Å². The minimum absolute atomic E-state index is 0.502. The molecule has 1 aromatic carbocycles. The van der Waals surface area contributed by atoms with Crippen LogP contribution in [0.15, 0.2) is 24.3 Å². The highest BCUT2D eigenvalue weighted by Gasteiger charge is 2.14. The molecule has 0 bridgehead atoms. The van der Waals surface area contributed by atoms with Crippen LogP contribution in [0.3, 0.4) is 0 Å². The van der Waals surface area contributed by atoms with Crippen molar-refractivity contribution in [1.29, 1.82) is 0 Å². The van der Waals surface area contributed by atoms with E-state index >= 15 is 0 Å². The molecule has 0 aliphatic heterocycles. The molecule has 0 aliphatic rings. The molecule has 0 amide bonds. The Morgan fingerprint density at radius 1 is 1.28 bits per heavy atom. The van der Waals surface area contributed by atoms with Gasteiger partial charge in [0, 0.05) is 12.1 Å². The van der Waals surface area contributed by atoms with E-state index in [1.807, 2.05) is 31.3 Å². The number of aliphatic hydroxyl groups excluding tert-OH is 1. The minimum atomic E-state index is -0.502. The maximum Gasteiger partial charge on any atom is 0.124 e. The largest absolute Gasteiger partial charge is 0.496 e. The number of rotatable bonds is 7. The number of nitrogens with zero attached hydrogens (tertiary/aromatic N) is 1. The predicted molar refractivity (Wildman–Crippen MR) is 74.9 cm³/mol. The summed E-state index contributed by atoms with van der Waals surface area (Å²) in [4.78, 5) is 2.16. The summed E-state index contributed by atoms with van der Waals surface area (Å²) >= 11 is 0. The van der Waals surface area contributed by atoms with Crippen LogP contribution in [0.4, 0.5) is 0 Å². The molecule has 0 aromatic heterocycles. The number of ether oxygens (including phenoxy) is 1. The number of para-hydroxylation sites is 1. The van der Waals surface area contributed by atoms with Crippen LogP contribution in [-0.4, -0.2) is 37.3 Å². The quantitative estimate of drug-likeness (QED) is 0.808. The third-order valence-corrected chi connectivity index (χ3v) is 3.07. The summed E-state index contributed by atoms with van der Waals surface area (Å²) in [5.41, 5.74) is 0.858. The topological polar surface area (TPSA) is 32.7 Å². The van der Waals surface area contributed by atoms with Crippen LogP contribution >= 0.6 is 0 Å². The molecule has 18 heavy (non-hydrogen) atoms. The average molecular weight is 251 g/mol. The first kappa shape index (κ1) is 15.0. The summed E-state index contributed by atoms with van der Waals surface area (Å²) in [6, 6.07) is 7.64. The van der Waals surface area contributed by atoms with E-state index in [1.165, 1.54) is 0 Å². The zero-order valence-corrected chi connectivity index (χ0v) is 11.9. The van der Waals surface area contributed by atoms with E-state index in [0.717, 1.165) is 24.3 Å². The van der Waals surface area contributed by atoms with E-state index in [2.05, 4.69) is 18.7 Å². The van der Waals surface area contributed by atoms with Crippen molar-refractivity contribution in [2.24, 2.45) is 5.92 Å². The normalized spacial score (nSPS) is 13.1. The molecule has 1 unspecified atom stereocenters. The molecule has 1 rings (SSSR count). The fraction of sp³-hybridized carbons (Fsp3) is 0.600. The number of hydrogen-bond donors (Lipinski definition) is 1. The molecule has 0 radical (unpaired) electrons. The molecule has 0 saturated heterocycles. The highest BCUT2D eigenvalue weighted by atomic mass is 16.5. The van der Waals surface area contributed by atoms with Crippen LogP contribution in [0.1, 0.15) is 31.9 Å². The van der Waals surface area contributed by atoms with Crippen molar-refractivity contribution < 1.29 is 9.84 Å². The fourth-order valence-corrected chi connectivity index (χ4v) is 1.91. The first-order chi connectivity index (χ1) is 8.54. The average Bonchev–Trinajstić information content (AvgIpc) is 2.36. The zero-order chi connectivity index (χ0) is 13.5. The van der Waals surface area contributed by atoms with Gasteiger partial charge in [-0.25, -0.2) is 0 Å². The van der Waals surface area contributed by atoms with Crippen LogP contribution < -0.4 is 4.74 Å². The van der Waals surface area contributed by atoms with Gasteiger partial charge in [-0.15, -0.1) is 0 Å². The lowest BCUT2D eigenvalue weighted by molar-refractivity contribution is 0.121. The Morgan fingerprint density at radius 2 is 1.94 bits per heavy atom. The first-order valence-electron chi connectivity index (χ1n) is 6.54. The van der Waals surface area contributed by atoms with E-state index in [1.54, 1.807) is 7.11 Å². The van der Waals surface area contributed by atoms with Gasteiger partial charge in [0.1, 0.15) is 5.75 Å². The molecule has 1 atom stereocenters. The van der Waals surface area contributed by atoms with Crippen molar-refractivity contribution >= 4 is 0 Å². The van der Waals surface area contributed by atoms with Crippen LogP contribution in [0.5, 0.6) is 5.75 Å². The second-order valence-corrected chi connectivity index (χ2v) is 5.20. The molecule has 0 spiro atoms. The summed E-state index contributed by atoms with van der Waals surface area (Å²) in [5.74, 6) is 1.44. The third-order valence-electron chi connectivity index (χ3n) is 3.07. The Hall–Kier alpha value is -1.06. The van der Waals surface area contributed by atoms with Crippen molar-refractivity contribution in [3.63, 3.8) is 0 Å². The fourth-order valence-electron chi connectivity index (χ4n) is 1.91. The highest BCUT2D eigenvalue weighted by Crippen LogP contribution is 2.25. The summed E-state index contributed by atoms with van der Waals surface area (Å²) in [6.07, 6.45) is 0.646. The molecule has 0 fully saturated rings. The molecule has 3 nitrogen and oxygen atoms in total. The molecule has 1 N–H and O–H groups in total. The van der Waals surface area contributed by atoms with Gasteiger partial charge in [-0.3, -0.25) is 0 Å². The second kappa shape index (κ2) is 7.39. The van der Waals surface area contributed by atoms with Crippen molar-refractivity contribution in [2.75, 3.05) is 27.2 Å². The Bertz CT molecular complexity index is 352. The number of aliphatic hydroxyl groups is 1. The molecule has 0 aliphatic carbocycles. The second-order valence-electron chi connectivity index (χ2n) is 5.20. The summed E-state index contributed by atoms with van der Waals surface area (Å²) in [6.45, 7) is 6.06. The lowest BCUT2D eigenvalue weighted by Crippen LogP contribution is -2.26. The van der Waals surface area contributed by atoms with Crippen LogP contribution in [0, 0.1) is 5.92 Å². The lowest BCUT2D eigenvalue weighted by Gasteiger charge is -2.22. The zero-order valence-electron chi connectivity index (χ0n) is 11.9. The lowest BCUT2D eigenvalue weighted by atomic mass is 10.1. The van der Waals surface area contributed by atoms with Crippen LogP contribution in [0.2, 0.25) is 0 Å². The summed E-state index contributed by atoms with van der Waals surface area (Å²) < 4.78 is 5.27. The molecular formula is C15H25NO2. The van der Waals surface area contributed by atoms with E-state index in [4.69, 9.17) is 4.74 Å². The van der Waals surface area contributed by atoms with E-state index in [-0.39, 0.29) is 0 Å². The molecule has 102 valence electrons. The molecule has 0 saturated carbocycles. The predicted octanol–water partition coefficient (Wildman–Crippen LogP) is 2.71. The monoisotopic (exact) mass is 251 g/mol. The molecule has 1 aromatic rings. The van der Waals surface area contributed by atoms with Gasteiger partial charge in [0.2, 0.25) is 0 Å². The van der Waals surface area contributed by atoms with Gasteiger partial charge in [-0.1, -0.05) is 32.0 Å². The van der Waals surface area contributed by atoms with Crippen molar-refractivity contribution in [1.82, 2.24) is 4.90 Å². The van der Waals surface area contributed by atoms with Crippen molar-refractivity contribution in [3.05, 3.63) is 29.8 Å². The molecule has 0 heterocycles. The molecular weight excluding hydrogens is 226 g/mol. The Labute approximate surface area is 110 Å². The third kappa shape index (κ3) is 4.67. The van der Waals surface area contributed by atoms with Gasteiger partial charge in [-0.2, -0.15) is 0 Å². The van der Waals surface area contributed by atoms with Crippen molar-refractivity contribution in [2.45, 2.75) is 26.4 Å². The number of benzene rings is 1. The van der Waals surface area contributed by atoms with E-state index in [0.29, 0.717) is 12.5 Å².